The largest absolute Gasteiger partial charge is 0.497 e. The molecule has 3 aromatic rings. The van der Waals surface area contributed by atoms with Crippen LogP contribution in [0.25, 0.3) is 10.8 Å². The van der Waals surface area contributed by atoms with Gasteiger partial charge < -0.3 is 29.9 Å². The second-order valence-corrected chi connectivity index (χ2v) is 16.9. The number of hydrogen-bond donors (Lipinski definition) is 3. The minimum Gasteiger partial charge on any atom is -0.497 e. The van der Waals surface area contributed by atoms with Crippen LogP contribution in [0, 0.1) is 25.7 Å². The average Bonchev–Trinajstić information content (AvgIpc) is 4.02. The maximum atomic E-state index is 14.6. The molecule has 1 saturated heterocycles. The Kier molecular flexibility index (Phi) is 10.3. The lowest BCUT2D eigenvalue weighted by Crippen LogP contribution is -2.58. The first-order valence-electron chi connectivity index (χ1n) is 17.9. The number of aryl methyl sites for hydroxylation is 2. The summed E-state index contributed by atoms with van der Waals surface area (Å²) in [5.41, 5.74) is 0.261. The van der Waals surface area contributed by atoms with Crippen molar-refractivity contribution in [3.05, 3.63) is 60.3 Å². The van der Waals surface area contributed by atoms with Crippen LogP contribution >= 0.6 is 0 Å². The Morgan fingerprint density at radius 2 is 1.83 bits per heavy atom. The van der Waals surface area contributed by atoms with Gasteiger partial charge in [-0.25, -0.2) is 13.4 Å². The normalized spacial score (nSPS) is 22.9. The van der Waals surface area contributed by atoms with E-state index in [1.807, 2.05) is 83.1 Å². The number of aromatic nitrogens is 2. The standard InChI is InChI=1S/C38H49N7O7S/c1-9-25-19-38(25,37(48)43-53(49,50)28-11-12-28)42-34(46)30-18-27(52-35-29-13-10-26(51-8)16-24(29)17-32(41-35)44(6)7)20-45(30)36(47)33(21(2)3)40-31-15-22(4)14-23(5)39-31/h9-10,13-17,21,25,27-28,30,33H,1,11-12,18-20H2,2-8H3,(H,39,40)(H,42,46)(H,43,48)/t25-,27-,30+,33+,38-/m1/s1. The first-order chi connectivity index (χ1) is 25.0. The molecule has 284 valence electrons. The Balaban J connectivity index is 1.32. The molecule has 15 heteroatoms. The zero-order chi connectivity index (χ0) is 38.4. The highest BCUT2D eigenvalue weighted by molar-refractivity contribution is 7.91. The average molecular weight is 748 g/mol. The van der Waals surface area contributed by atoms with Gasteiger partial charge in [-0.3, -0.25) is 19.1 Å². The predicted molar refractivity (Wildman–Crippen MR) is 202 cm³/mol. The van der Waals surface area contributed by atoms with Gasteiger partial charge in [-0.2, -0.15) is 4.98 Å². The topological polar surface area (TPSA) is 172 Å². The summed E-state index contributed by atoms with van der Waals surface area (Å²) in [5.74, 6) is -0.254. The molecule has 1 aliphatic heterocycles. The SMILES string of the molecule is C=C[C@@H]1C[C@]1(NC(=O)[C@@H]1C[C@@H](Oc2nc(N(C)C)cc3cc(OC)ccc23)CN1C(=O)[C@@H](Nc1cc(C)cc(C)n1)C(C)C)C(=O)NS(=O)(=O)C1CC1. The van der Waals surface area contributed by atoms with E-state index in [4.69, 9.17) is 14.5 Å². The molecule has 3 heterocycles. The minimum absolute atomic E-state index is 0.0494. The molecule has 2 aliphatic carbocycles. The molecular weight excluding hydrogens is 699 g/mol. The van der Waals surface area contributed by atoms with E-state index in [0.29, 0.717) is 36.1 Å². The number of methoxy groups -OCH3 is 1. The fraction of sp³-hybridized carbons (Fsp3) is 0.500. The van der Waals surface area contributed by atoms with Gasteiger partial charge in [-0.05, 0) is 86.4 Å². The van der Waals surface area contributed by atoms with Crippen LogP contribution in [-0.4, -0.2) is 97.7 Å². The first kappa shape index (κ1) is 37.8. The van der Waals surface area contributed by atoms with E-state index in [9.17, 15) is 22.8 Å². The van der Waals surface area contributed by atoms with Crippen LogP contribution in [0.3, 0.4) is 0 Å². The number of nitrogens with one attached hydrogen (secondary N) is 3. The van der Waals surface area contributed by atoms with Gasteiger partial charge in [0, 0.05) is 37.5 Å². The Labute approximate surface area is 310 Å². The second-order valence-electron chi connectivity index (χ2n) is 15.0. The number of rotatable bonds is 14. The molecule has 2 aromatic heterocycles. The van der Waals surface area contributed by atoms with Gasteiger partial charge in [0.25, 0.3) is 5.91 Å². The second kappa shape index (κ2) is 14.5. The molecule has 3 aliphatic rings. The first-order valence-corrected chi connectivity index (χ1v) is 19.5. The summed E-state index contributed by atoms with van der Waals surface area (Å²) in [6.45, 7) is 11.5. The number of fused-ring (bicyclic) bond motifs is 1. The summed E-state index contributed by atoms with van der Waals surface area (Å²) < 4.78 is 39.7. The smallest absolute Gasteiger partial charge is 0.259 e. The van der Waals surface area contributed by atoms with E-state index in [1.54, 1.807) is 7.11 Å². The van der Waals surface area contributed by atoms with Gasteiger partial charge in [0.15, 0.2) is 0 Å². The van der Waals surface area contributed by atoms with Crippen molar-refractivity contribution < 1.29 is 32.3 Å². The van der Waals surface area contributed by atoms with E-state index >= 15 is 0 Å². The van der Waals surface area contributed by atoms with Crippen LogP contribution in [0.4, 0.5) is 11.6 Å². The third-order valence-electron chi connectivity index (χ3n) is 10.2. The number of nitrogens with zero attached hydrogens (tertiary/aromatic N) is 4. The maximum absolute atomic E-state index is 14.6. The van der Waals surface area contributed by atoms with Crippen molar-refractivity contribution in [2.45, 2.75) is 82.4 Å². The molecule has 3 amide bonds. The monoisotopic (exact) mass is 747 g/mol. The van der Waals surface area contributed by atoms with Gasteiger partial charge in [0.2, 0.25) is 27.7 Å². The third kappa shape index (κ3) is 7.90. The summed E-state index contributed by atoms with van der Waals surface area (Å²) in [6, 6.07) is 9.46. The Hall–Kier alpha value is -4.92. The summed E-state index contributed by atoms with van der Waals surface area (Å²) in [5, 5.41) is 7.10. The molecule has 0 radical (unpaired) electrons. The fourth-order valence-corrected chi connectivity index (χ4v) is 8.32. The molecular formula is C38H49N7O7S. The number of amides is 3. The van der Waals surface area contributed by atoms with E-state index in [-0.39, 0.29) is 31.2 Å². The molecule has 3 N–H and O–H groups in total. The van der Waals surface area contributed by atoms with Crippen LogP contribution in [0.2, 0.25) is 0 Å². The Morgan fingerprint density at radius 3 is 2.43 bits per heavy atom. The van der Waals surface area contributed by atoms with E-state index in [0.717, 1.165) is 22.0 Å². The highest BCUT2D eigenvalue weighted by Gasteiger charge is 2.62. The zero-order valence-corrected chi connectivity index (χ0v) is 32.1. The Morgan fingerprint density at radius 1 is 1.09 bits per heavy atom. The summed E-state index contributed by atoms with van der Waals surface area (Å²) in [4.78, 5) is 55.2. The number of ether oxygens (including phenoxy) is 2. The van der Waals surface area contributed by atoms with Crippen LogP contribution in [0.5, 0.6) is 11.6 Å². The van der Waals surface area contributed by atoms with Crippen molar-refractivity contribution in [1.29, 1.82) is 0 Å². The lowest BCUT2D eigenvalue weighted by Gasteiger charge is -2.31. The van der Waals surface area contributed by atoms with Crippen LogP contribution in [0.1, 0.15) is 50.8 Å². The van der Waals surface area contributed by atoms with E-state index < -0.39 is 56.7 Å². The lowest BCUT2D eigenvalue weighted by atomic mass is 10.0. The maximum Gasteiger partial charge on any atom is 0.259 e. The molecule has 5 atom stereocenters. The van der Waals surface area contributed by atoms with Gasteiger partial charge in [0.1, 0.15) is 41.1 Å². The van der Waals surface area contributed by atoms with Crippen molar-refractivity contribution in [2.75, 3.05) is 38.0 Å². The minimum atomic E-state index is -3.87. The molecule has 14 nitrogen and oxygen atoms in total. The number of pyridine rings is 2. The molecule has 53 heavy (non-hydrogen) atoms. The number of hydrogen-bond acceptors (Lipinski definition) is 11. The van der Waals surface area contributed by atoms with Crippen molar-refractivity contribution in [2.24, 2.45) is 11.8 Å². The highest BCUT2D eigenvalue weighted by Crippen LogP contribution is 2.45. The number of sulfonamides is 1. The van der Waals surface area contributed by atoms with E-state index in [2.05, 4.69) is 26.9 Å². The molecule has 0 spiro atoms. The van der Waals surface area contributed by atoms with Crippen molar-refractivity contribution >= 4 is 50.2 Å². The summed E-state index contributed by atoms with van der Waals surface area (Å²) >= 11 is 0. The van der Waals surface area contributed by atoms with Crippen molar-refractivity contribution in [3.8, 4) is 11.6 Å². The lowest BCUT2D eigenvalue weighted by molar-refractivity contribution is -0.140. The number of carbonyl (C=O) groups excluding carboxylic acids is 3. The summed E-state index contributed by atoms with van der Waals surface area (Å²) in [7, 11) is 1.46. The van der Waals surface area contributed by atoms with Gasteiger partial charge >= 0.3 is 0 Å². The molecule has 2 saturated carbocycles. The van der Waals surface area contributed by atoms with Gasteiger partial charge in [0.05, 0.1) is 18.9 Å². The predicted octanol–water partition coefficient (Wildman–Crippen LogP) is 3.48. The number of benzene rings is 1. The zero-order valence-electron chi connectivity index (χ0n) is 31.3. The molecule has 6 rings (SSSR count). The molecule has 3 fully saturated rings. The van der Waals surface area contributed by atoms with E-state index in [1.165, 1.54) is 11.0 Å². The molecule has 0 bridgehead atoms. The van der Waals surface area contributed by atoms with Crippen molar-refractivity contribution in [1.82, 2.24) is 24.9 Å². The number of likely N-dealkylation sites (tertiary alicyclic amines) is 1. The summed E-state index contributed by atoms with van der Waals surface area (Å²) in [6.07, 6.45) is 2.10. The van der Waals surface area contributed by atoms with Crippen molar-refractivity contribution in [3.63, 3.8) is 0 Å². The van der Waals surface area contributed by atoms with Crippen LogP contribution in [-0.2, 0) is 24.4 Å². The van der Waals surface area contributed by atoms with Gasteiger partial charge in [-0.1, -0.05) is 19.9 Å². The number of anilines is 2. The highest BCUT2D eigenvalue weighted by atomic mass is 32.2. The third-order valence-corrected chi connectivity index (χ3v) is 12.0. The fourth-order valence-electron chi connectivity index (χ4n) is 6.96. The molecule has 1 aromatic carbocycles. The quantitative estimate of drug-likeness (QED) is 0.206. The Bertz CT molecular complexity index is 2030. The van der Waals surface area contributed by atoms with Crippen LogP contribution < -0.4 is 29.7 Å². The van der Waals surface area contributed by atoms with Gasteiger partial charge in [-0.15, -0.1) is 6.58 Å². The molecule has 0 unspecified atom stereocenters. The van der Waals surface area contributed by atoms with Crippen LogP contribution in [0.15, 0.2) is 49.1 Å². The number of carbonyl (C=O) groups is 3.